The number of imide groups is 2. The molecule has 0 heterocycles. The van der Waals surface area contributed by atoms with E-state index in [2.05, 4.69) is 21.3 Å². The monoisotopic (exact) mass is 364 g/mol. The molecule has 10 heteroatoms. The van der Waals surface area contributed by atoms with Crippen molar-refractivity contribution in [1.29, 1.82) is 0 Å². The van der Waals surface area contributed by atoms with Gasteiger partial charge in [0.1, 0.15) is 0 Å². The largest absolute Gasteiger partial charge is 0.338 e. The normalized spacial score (nSPS) is 9.83. The predicted molar refractivity (Wildman–Crippen MR) is 93.2 cm³/mol. The Hall–Kier alpha value is -1.42. The molecule has 0 rings (SSSR count). The number of rotatable bonds is 10. The first kappa shape index (κ1) is 21.6. The fourth-order valence-corrected chi connectivity index (χ4v) is 3.04. The number of nitrogens with one attached hydrogen (secondary N) is 4. The lowest BCUT2D eigenvalue weighted by Crippen LogP contribution is -2.40. The summed E-state index contributed by atoms with van der Waals surface area (Å²) in [4.78, 5) is 45.1. The molecule has 4 N–H and O–H groups in total. The van der Waals surface area contributed by atoms with Gasteiger partial charge in [0.2, 0.25) is 11.8 Å². The zero-order valence-electron chi connectivity index (χ0n) is 13.4. The summed E-state index contributed by atoms with van der Waals surface area (Å²) in [6, 6.07) is -1.01. The summed E-state index contributed by atoms with van der Waals surface area (Å²) in [5.74, 6) is 0.0631. The number of hydrogen-bond acceptors (Lipinski definition) is 6. The number of urea groups is 2. The van der Waals surface area contributed by atoms with E-state index >= 15 is 0 Å². The second-order valence-corrected chi connectivity index (χ2v) is 6.98. The third-order valence-electron chi connectivity index (χ3n) is 2.34. The van der Waals surface area contributed by atoms with E-state index in [-0.39, 0.29) is 17.6 Å². The van der Waals surface area contributed by atoms with Crippen molar-refractivity contribution >= 4 is 45.5 Å². The van der Waals surface area contributed by atoms with E-state index in [0.717, 1.165) is 12.8 Å². The first-order valence-electron chi connectivity index (χ1n) is 7.39. The van der Waals surface area contributed by atoms with Crippen molar-refractivity contribution in [2.45, 2.75) is 33.1 Å². The highest BCUT2D eigenvalue weighted by atomic mass is 33.1. The standard InChI is InChI=1S/C13H24N4O4S2/c1-3-5-6-10(18)16-13(21)15-7-8-22-23-9-11(19)17-12(20)14-4-2/h3-9H2,1-2H3,(H2,14,17,19,20)(H2,15,16,18,21). The summed E-state index contributed by atoms with van der Waals surface area (Å²) in [6.45, 7) is 4.56. The molecule has 0 aromatic carbocycles. The molecule has 132 valence electrons. The van der Waals surface area contributed by atoms with Gasteiger partial charge in [0.25, 0.3) is 0 Å². The third-order valence-corrected chi connectivity index (χ3v) is 4.62. The topological polar surface area (TPSA) is 116 Å². The zero-order valence-corrected chi connectivity index (χ0v) is 15.0. The average Bonchev–Trinajstić information content (AvgIpc) is 2.48. The highest BCUT2D eigenvalue weighted by Crippen LogP contribution is 2.19. The molecule has 0 saturated carbocycles. The van der Waals surface area contributed by atoms with Crippen LogP contribution < -0.4 is 21.3 Å². The van der Waals surface area contributed by atoms with Crippen LogP contribution in [0.25, 0.3) is 0 Å². The fraction of sp³-hybridized carbons (Fsp3) is 0.692. The average molecular weight is 364 g/mol. The number of carbonyl (C=O) groups is 4. The minimum atomic E-state index is -0.509. The molecule has 0 aromatic rings. The Kier molecular flexibility index (Phi) is 13.3. The van der Waals surface area contributed by atoms with E-state index in [0.29, 0.717) is 25.3 Å². The first-order valence-corrected chi connectivity index (χ1v) is 9.88. The van der Waals surface area contributed by atoms with Crippen molar-refractivity contribution < 1.29 is 19.2 Å². The van der Waals surface area contributed by atoms with Gasteiger partial charge in [-0.1, -0.05) is 34.9 Å². The third kappa shape index (κ3) is 13.9. The molecule has 0 fully saturated rings. The Labute approximate surface area is 144 Å². The molecule has 6 amide bonds. The quantitative estimate of drug-likeness (QED) is 0.342. The van der Waals surface area contributed by atoms with E-state index in [4.69, 9.17) is 0 Å². The van der Waals surface area contributed by atoms with Crippen LogP contribution in [-0.2, 0) is 9.59 Å². The molecule has 0 saturated heterocycles. The van der Waals surface area contributed by atoms with Gasteiger partial charge in [-0.15, -0.1) is 0 Å². The number of unbranched alkanes of at least 4 members (excludes halogenated alkanes) is 1. The van der Waals surface area contributed by atoms with Crippen LogP contribution >= 0.6 is 21.6 Å². The summed E-state index contributed by atoms with van der Waals surface area (Å²) in [6.07, 6.45) is 2.00. The summed E-state index contributed by atoms with van der Waals surface area (Å²) in [5, 5.41) is 9.45. The molecule has 0 bridgehead atoms. The van der Waals surface area contributed by atoms with E-state index in [1.165, 1.54) is 21.6 Å². The number of amides is 6. The highest BCUT2D eigenvalue weighted by Gasteiger charge is 2.08. The van der Waals surface area contributed by atoms with Crippen LogP contribution in [0.15, 0.2) is 0 Å². The van der Waals surface area contributed by atoms with Crippen molar-refractivity contribution in [3.63, 3.8) is 0 Å². The Bertz CT molecular complexity index is 407. The highest BCUT2D eigenvalue weighted by molar-refractivity contribution is 8.76. The smallest absolute Gasteiger partial charge is 0.321 e. The lowest BCUT2D eigenvalue weighted by atomic mass is 10.2. The van der Waals surface area contributed by atoms with Gasteiger partial charge in [0.15, 0.2) is 0 Å². The van der Waals surface area contributed by atoms with Crippen molar-refractivity contribution in [2.75, 3.05) is 24.6 Å². The van der Waals surface area contributed by atoms with Crippen molar-refractivity contribution in [1.82, 2.24) is 21.3 Å². The van der Waals surface area contributed by atoms with Crippen molar-refractivity contribution in [3.05, 3.63) is 0 Å². The Morgan fingerprint density at radius 2 is 1.52 bits per heavy atom. The molecule has 8 nitrogen and oxygen atoms in total. The molecular weight excluding hydrogens is 340 g/mol. The van der Waals surface area contributed by atoms with Gasteiger partial charge < -0.3 is 10.6 Å². The van der Waals surface area contributed by atoms with Gasteiger partial charge in [0, 0.05) is 25.3 Å². The van der Waals surface area contributed by atoms with Gasteiger partial charge >= 0.3 is 12.1 Å². The molecular formula is C13H24N4O4S2. The number of hydrogen-bond donors (Lipinski definition) is 4. The lowest BCUT2D eigenvalue weighted by molar-refractivity contribution is -0.120. The van der Waals surface area contributed by atoms with Crippen LogP contribution in [0.3, 0.4) is 0 Å². The SMILES string of the molecule is CCCCC(=O)NC(=O)NCCSSCC(=O)NC(=O)NCC. The second kappa shape index (κ2) is 14.2. The van der Waals surface area contributed by atoms with Crippen LogP contribution in [0.5, 0.6) is 0 Å². The summed E-state index contributed by atoms with van der Waals surface area (Å²) in [7, 11) is 2.68. The van der Waals surface area contributed by atoms with Gasteiger partial charge in [0.05, 0.1) is 5.75 Å². The van der Waals surface area contributed by atoms with Crippen LogP contribution in [0.4, 0.5) is 9.59 Å². The Morgan fingerprint density at radius 1 is 0.870 bits per heavy atom. The minimum Gasteiger partial charge on any atom is -0.338 e. The van der Waals surface area contributed by atoms with Crippen LogP contribution in [0.2, 0.25) is 0 Å². The van der Waals surface area contributed by atoms with Crippen LogP contribution in [0, 0.1) is 0 Å². The van der Waals surface area contributed by atoms with Crippen molar-refractivity contribution in [3.8, 4) is 0 Å². The van der Waals surface area contributed by atoms with E-state index < -0.39 is 12.1 Å². The molecule has 0 radical (unpaired) electrons. The molecule has 23 heavy (non-hydrogen) atoms. The molecule has 0 aliphatic carbocycles. The molecule has 0 spiro atoms. The van der Waals surface area contributed by atoms with Gasteiger partial charge in [-0.05, 0) is 13.3 Å². The van der Waals surface area contributed by atoms with Crippen molar-refractivity contribution in [2.24, 2.45) is 0 Å². The molecule has 0 unspecified atom stereocenters. The second-order valence-electron chi connectivity index (χ2n) is 4.40. The van der Waals surface area contributed by atoms with E-state index in [1.54, 1.807) is 6.92 Å². The summed E-state index contributed by atoms with van der Waals surface area (Å²) >= 11 is 0. The molecule has 0 aliphatic rings. The van der Waals surface area contributed by atoms with Crippen LogP contribution in [0.1, 0.15) is 33.1 Å². The molecule has 0 aliphatic heterocycles. The van der Waals surface area contributed by atoms with Gasteiger partial charge in [-0.3, -0.25) is 20.2 Å². The maximum Gasteiger partial charge on any atom is 0.321 e. The maximum absolute atomic E-state index is 11.4. The van der Waals surface area contributed by atoms with Gasteiger partial charge in [-0.25, -0.2) is 9.59 Å². The maximum atomic E-state index is 11.4. The van der Waals surface area contributed by atoms with Gasteiger partial charge in [-0.2, -0.15) is 0 Å². The van der Waals surface area contributed by atoms with Crippen LogP contribution in [-0.4, -0.2) is 48.5 Å². The molecule has 0 atom stereocenters. The number of carbonyl (C=O) groups excluding carboxylic acids is 4. The van der Waals surface area contributed by atoms with E-state index in [1.807, 2.05) is 6.92 Å². The Morgan fingerprint density at radius 3 is 2.17 bits per heavy atom. The first-order chi connectivity index (χ1) is 11.0. The summed E-state index contributed by atoms with van der Waals surface area (Å²) in [5.41, 5.74) is 0. The molecule has 0 aromatic heterocycles. The fourth-order valence-electron chi connectivity index (χ4n) is 1.30. The van der Waals surface area contributed by atoms with E-state index in [9.17, 15) is 19.2 Å². The summed E-state index contributed by atoms with van der Waals surface area (Å²) < 4.78 is 0. The lowest BCUT2D eigenvalue weighted by Gasteiger charge is -2.06. The minimum absolute atomic E-state index is 0.142. The Balaban J connectivity index is 3.54. The zero-order chi connectivity index (χ0) is 17.5. The predicted octanol–water partition coefficient (Wildman–Crippen LogP) is 1.23.